The first-order valence-corrected chi connectivity index (χ1v) is 15.9. The molecule has 0 unspecified atom stereocenters. The van der Waals surface area contributed by atoms with Crippen LogP contribution in [-0.4, -0.2) is 50.4 Å². The Kier molecular flexibility index (Phi) is 11.6. The van der Waals surface area contributed by atoms with Crippen LogP contribution in [0, 0.1) is 0 Å². The molecule has 0 fully saturated rings. The van der Waals surface area contributed by atoms with E-state index in [1.165, 1.54) is 29.2 Å². The van der Waals surface area contributed by atoms with Crippen molar-refractivity contribution >= 4 is 55.1 Å². The number of nitrogens with zero attached hydrogens (tertiary/aromatic N) is 2. The molecule has 41 heavy (non-hydrogen) atoms. The van der Waals surface area contributed by atoms with E-state index < -0.39 is 28.5 Å². The lowest BCUT2D eigenvalue weighted by Crippen LogP contribution is -2.52. The average Bonchev–Trinajstić information content (AvgIpc) is 2.95. The zero-order valence-corrected chi connectivity index (χ0v) is 26.7. The van der Waals surface area contributed by atoms with Crippen LogP contribution in [0.5, 0.6) is 5.75 Å². The molecule has 0 aliphatic rings. The van der Waals surface area contributed by atoms with Gasteiger partial charge in [-0.05, 0) is 81.3 Å². The molecule has 8 nitrogen and oxygen atoms in total. The van der Waals surface area contributed by atoms with E-state index in [0.717, 1.165) is 20.8 Å². The minimum absolute atomic E-state index is 0.0389. The molecule has 0 aromatic heterocycles. The second kappa shape index (κ2) is 14.7. The topological polar surface area (TPSA) is 96.0 Å². The van der Waals surface area contributed by atoms with Gasteiger partial charge >= 0.3 is 0 Å². The molecule has 3 aromatic carbocycles. The van der Waals surface area contributed by atoms with Gasteiger partial charge in [-0.3, -0.25) is 13.9 Å². The van der Waals surface area contributed by atoms with Crippen LogP contribution in [0.4, 0.5) is 5.69 Å². The molecule has 0 saturated carbocycles. The third-order valence-corrected chi connectivity index (χ3v) is 9.10. The predicted molar refractivity (Wildman–Crippen MR) is 166 cm³/mol. The maximum atomic E-state index is 14.1. The van der Waals surface area contributed by atoms with Crippen LogP contribution in [0.25, 0.3) is 0 Å². The molecule has 0 radical (unpaired) electrons. The van der Waals surface area contributed by atoms with E-state index in [4.69, 9.17) is 16.3 Å². The Morgan fingerprint density at radius 2 is 1.61 bits per heavy atom. The van der Waals surface area contributed by atoms with Gasteiger partial charge in [0.05, 0.1) is 17.2 Å². The first kappa shape index (κ1) is 32.4. The van der Waals surface area contributed by atoms with Crippen molar-refractivity contribution in [3.05, 3.63) is 87.9 Å². The Labute approximate surface area is 255 Å². The quantitative estimate of drug-likeness (QED) is 0.241. The number of anilines is 1. The summed E-state index contributed by atoms with van der Waals surface area (Å²) in [7, 11) is -4.25. The number of nitrogens with one attached hydrogen (secondary N) is 1. The van der Waals surface area contributed by atoms with Crippen molar-refractivity contribution in [2.24, 2.45) is 0 Å². The third-order valence-electron chi connectivity index (χ3n) is 6.55. The van der Waals surface area contributed by atoms with E-state index in [1.807, 2.05) is 38.1 Å². The molecule has 2 amide bonds. The average molecular weight is 665 g/mol. The highest BCUT2D eigenvalue weighted by Crippen LogP contribution is 2.33. The standard InChI is InChI=1S/C30H35BrClN3O5S/c1-5-21(3)33-30(37)22(4)34(19-23-11-13-24(31)14-12-23)29(36)20-35(27-9-7-8-10-28(27)40-6-2)41(38,39)26-17-15-25(32)16-18-26/h7-18,21-22H,5-6,19-20H2,1-4H3,(H,33,37)/t21-,22+/m1/s1. The third kappa shape index (κ3) is 8.47. The number of rotatable bonds is 13. The van der Waals surface area contributed by atoms with Crippen LogP contribution < -0.4 is 14.4 Å². The predicted octanol–water partition coefficient (Wildman–Crippen LogP) is 6.03. The van der Waals surface area contributed by atoms with Crippen molar-refractivity contribution in [3.63, 3.8) is 0 Å². The van der Waals surface area contributed by atoms with Crippen molar-refractivity contribution in [3.8, 4) is 5.75 Å². The van der Waals surface area contributed by atoms with Crippen LogP contribution in [0.15, 0.2) is 82.2 Å². The van der Waals surface area contributed by atoms with Crippen LogP contribution in [-0.2, 0) is 26.2 Å². The fourth-order valence-electron chi connectivity index (χ4n) is 4.02. The van der Waals surface area contributed by atoms with Crippen molar-refractivity contribution in [2.45, 2.75) is 57.6 Å². The number of para-hydroxylation sites is 2. The summed E-state index contributed by atoms with van der Waals surface area (Å²) in [5, 5.41) is 3.30. The number of carbonyl (C=O) groups is 2. The molecule has 2 atom stereocenters. The molecular formula is C30H35BrClN3O5S. The fraction of sp³-hybridized carbons (Fsp3) is 0.333. The van der Waals surface area contributed by atoms with Crippen LogP contribution >= 0.6 is 27.5 Å². The summed E-state index contributed by atoms with van der Waals surface area (Å²) in [5.41, 5.74) is 0.990. The van der Waals surface area contributed by atoms with E-state index in [2.05, 4.69) is 21.2 Å². The van der Waals surface area contributed by atoms with Gasteiger partial charge in [-0.1, -0.05) is 58.7 Å². The number of ether oxygens (including phenoxy) is 1. The summed E-state index contributed by atoms with van der Waals surface area (Å²) in [6, 6.07) is 18.8. The van der Waals surface area contributed by atoms with E-state index in [-0.39, 0.29) is 29.1 Å². The zero-order valence-electron chi connectivity index (χ0n) is 23.5. The molecule has 3 rings (SSSR count). The molecule has 220 valence electrons. The Bertz CT molecular complexity index is 1440. The van der Waals surface area contributed by atoms with Crippen molar-refractivity contribution in [2.75, 3.05) is 17.5 Å². The summed E-state index contributed by atoms with van der Waals surface area (Å²) < 4.78 is 35.7. The highest BCUT2D eigenvalue weighted by Gasteiger charge is 2.34. The molecule has 0 bridgehead atoms. The van der Waals surface area contributed by atoms with Gasteiger partial charge in [-0.2, -0.15) is 0 Å². The Balaban J connectivity index is 2.07. The van der Waals surface area contributed by atoms with Gasteiger partial charge in [0, 0.05) is 22.1 Å². The van der Waals surface area contributed by atoms with Crippen LogP contribution in [0.3, 0.4) is 0 Å². The lowest BCUT2D eigenvalue weighted by Gasteiger charge is -2.33. The number of sulfonamides is 1. The summed E-state index contributed by atoms with van der Waals surface area (Å²) >= 11 is 9.43. The van der Waals surface area contributed by atoms with Gasteiger partial charge in [0.1, 0.15) is 18.3 Å². The lowest BCUT2D eigenvalue weighted by molar-refractivity contribution is -0.139. The molecule has 0 saturated heterocycles. The summed E-state index contributed by atoms with van der Waals surface area (Å²) in [4.78, 5) is 28.6. The Morgan fingerprint density at radius 1 is 0.976 bits per heavy atom. The number of amides is 2. The fourth-order valence-corrected chi connectivity index (χ4v) is 5.84. The lowest BCUT2D eigenvalue weighted by atomic mass is 10.1. The second-order valence-corrected chi connectivity index (χ2v) is 12.7. The Morgan fingerprint density at radius 3 is 2.22 bits per heavy atom. The summed E-state index contributed by atoms with van der Waals surface area (Å²) in [6.45, 7) is 7.10. The number of carbonyl (C=O) groups excluding carboxylic acids is 2. The van der Waals surface area contributed by atoms with E-state index in [9.17, 15) is 18.0 Å². The van der Waals surface area contributed by atoms with Crippen molar-refractivity contribution in [1.29, 1.82) is 0 Å². The normalized spacial score (nSPS) is 12.7. The number of hydrogen-bond donors (Lipinski definition) is 1. The van der Waals surface area contributed by atoms with E-state index >= 15 is 0 Å². The molecule has 0 spiro atoms. The zero-order chi connectivity index (χ0) is 30.2. The van der Waals surface area contributed by atoms with Gasteiger partial charge in [0.2, 0.25) is 11.8 Å². The smallest absolute Gasteiger partial charge is 0.264 e. The van der Waals surface area contributed by atoms with Gasteiger partial charge in [-0.25, -0.2) is 8.42 Å². The van der Waals surface area contributed by atoms with Gasteiger partial charge < -0.3 is 15.0 Å². The molecule has 3 aromatic rings. The monoisotopic (exact) mass is 663 g/mol. The molecular weight excluding hydrogens is 630 g/mol. The van der Waals surface area contributed by atoms with Gasteiger partial charge in [0.15, 0.2) is 0 Å². The number of halogens is 2. The maximum Gasteiger partial charge on any atom is 0.264 e. The minimum atomic E-state index is -4.25. The Hall–Kier alpha value is -3.08. The highest BCUT2D eigenvalue weighted by molar-refractivity contribution is 9.10. The molecule has 1 N–H and O–H groups in total. The van der Waals surface area contributed by atoms with E-state index in [1.54, 1.807) is 38.1 Å². The maximum absolute atomic E-state index is 14.1. The molecule has 0 heterocycles. The minimum Gasteiger partial charge on any atom is -0.492 e. The molecule has 11 heteroatoms. The SMILES string of the molecule is CCOc1ccccc1N(CC(=O)N(Cc1ccc(Br)cc1)[C@@H](C)C(=O)N[C@H](C)CC)S(=O)(=O)c1ccc(Cl)cc1. The first-order chi connectivity index (χ1) is 19.5. The summed E-state index contributed by atoms with van der Waals surface area (Å²) in [5.74, 6) is -0.572. The number of hydrogen-bond acceptors (Lipinski definition) is 5. The van der Waals surface area contributed by atoms with Crippen LogP contribution in [0.1, 0.15) is 39.7 Å². The van der Waals surface area contributed by atoms with Gasteiger partial charge in [-0.15, -0.1) is 0 Å². The highest BCUT2D eigenvalue weighted by atomic mass is 79.9. The van der Waals surface area contributed by atoms with E-state index in [0.29, 0.717) is 17.4 Å². The second-order valence-electron chi connectivity index (χ2n) is 9.51. The first-order valence-electron chi connectivity index (χ1n) is 13.3. The van der Waals surface area contributed by atoms with Gasteiger partial charge in [0.25, 0.3) is 10.0 Å². The summed E-state index contributed by atoms with van der Waals surface area (Å²) in [6.07, 6.45) is 0.723. The molecule has 0 aliphatic heterocycles. The molecule has 0 aliphatic carbocycles. The van der Waals surface area contributed by atoms with Crippen molar-refractivity contribution < 1.29 is 22.7 Å². The number of benzene rings is 3. The van der Waals surface area contributed by atoms with Crippen LogP contribution in [0.2, 0.25) is 5.02 Å². The van der Waals surface area contributed by atoms with Crippen molar-refractivity contribution in [1.82, 2.24) is 10.2 Å². The largest absolute Gasteiger partial charge is 0.492 e.